The van der Waals surface area contributed by atoms with E-state index in [2.05, 4.69) is 10.6 Å². The number of rotatable bonds is 4. The molecule has 114 valence electrons. The summed E-state index contributed by atoms with van der Waals surface area (Å²) < 4.78 is 12.8. The second-order valence-corrected chi connectivity index (χ2v) is 5.18. The minimum atomic E-state index is -0.476. The molecule has 0 atom stereocenters. The minimum Gasteiger partial charge on any atom is -0.326 e. The van der Waals surface area contributed by atoms with Gasteiger partial charge in [0, 0.05) is 16.4 Å². The first-order chi connectivity index (χ1) is 10.4. The average Bonchev–Trinajstić information content (AvgIpc) is 2.44. The van der Waals surface area contributed by atoms with E-state index in [1.807, 2.05) is 0 Å². The number of hydrogen-bond donors (Lipinski definition) is 2. The molecule has 6 heteroatoms. The minimum absolute atomic E-state index is 0.334. The van der Waals surface area contributed by atoms with Crippen molar-refractivity contribution in [3.05, 3.63) is 58.9 Å². The Morgan fingerprint density at radius 2 is 1.68 bits per heavy atom. The van der Waals surface area contributed by atoms with Crippen LogP contribution < -0.4 is 10.6 Å². The quantitative estimate of drug-likeness (QED) is 0.843. The van der Waals surface area contributed by atoms with Crippen LogP contribution in [0, 0.1) is 12.7 Å². The third-order valence-electron chi connectivity index (χ3n) is 2.91. The van der Waals surface area contributed by atoms with Gasteiger partial charge in [0.2, 0.25) is 11.8 Å². The lowest BCUT2D eigenvalue weighted by Gasteiger charge is -2.09. The molecule has 22 heavy (non-hydrogen) atoms. The SMILES string of the molecule is Cc1cc(Cl)ccc1NC(=O)CC(=O)Nc1ccc(F)cc1. The predicted molar refractivity (Wildman–Crippen MR) is 84.5 cm³/mol. The average molecular weight is 321 g/mol. The lowest BCUT2D eigenvalue weighted by atomic mass is 10.2. The van der Waals surface area contributed by atoms with E-state index in [0.29, 0.717) is 16.4 Å². The number of anilines is 2. The molecule has 0 aromatic heterocycles. The summed E-state index contributed by atoms with van der Waals surface area (Å²) in [7, 11) is 0. The van der Waals surface area contributed by atoms with Crippen LogP contribution in [0.5, 0.6) is 0 Å². The largest absolute Gasteiger partial charge is 0.326 e. The number of nitrogens with one attached hydrogen (secondary N) is 2. The van der Waals surface area contributed by atoms with E-state index in [1.54, 1.807) is 25.1 Å². The number of halogens is 2. The maximum Gasteiger partial charge on any atom is 0.233 e. The molecule has 2 aromatic carbocycles. The molecule has 0 fully saturated rings. The molecule has 2 amide bonds. The molecule has 0 saturated carbocycles. The van der Waals surface area contributed by atoms with Crippen LogP contribution in [0.4, 0.5) is 15.8 Å². The zero-order chi connectivity index (χ0) is 16.1. The summed E-state index contributed by atoms with van der Waals surface area (Å²) in [6, 6.07) is 10.4. The van der Waals surface area contributed by atoms with E-state index in [9.17, 15) is 14.0 Å². The molecule has 0 bridgehead atoms. The fourth-order valence-electron chi connectivity index (χ4n) is 1.85. The Kier molecular flexibility index (Phi) is 5.12. The molecular formula is C16H14ClFN2O2. The molecule has 2 rings (SSSR count). The van der Waals surface area contributed by atoms with Crippen molar-refractivity contribution in [3.8, 4) is 0 Å². The molecular weight excluding hydrogens is 307 g/mol. The highest BCUT2D eigenvalue weighted by molar-refractivity contribution is 6.30. The maximum atomic E-state index is 12.8. The van der Waals surface area contributed by atoms with Crippen molar-refractivity contribution >= 4 is 34.8 Å². The Morgan fingerprint density at radius 1 is 1.05 bits per heavy atom. The van der Waals surface area contributed by atoms with Crippen LogP contribution >= 0.6 is 11.6 Å². The van der Waals surface area contributed by atoms with Gasteiger partial charge in [-0.1, -0.05) is 11.6 Å². The molecule has 0 radical (unpaired) electrons. The van der Waals surface area contributed by atoms with Gasteiger partial charge in [0.15, 0.2) is 0 Å². The lowest BCUT2D eigenvalue weighted by Crippen LogP contribution is -2.21. The molecule has 0 aliphatic rings. The van der Waals surface area contributed by atoms with Crippen molar-refractivity contribution in [3.63, 3.8) is 0 Å². The van der Waals surface area contributed by atoms with Crippen LogP contribution in [-0.2, 0) is 9.59 Å². The summed E-state index contributed by atoms with van der Waals surface area (Å²) in [4.78, 5) is 23.6. The lowest BCUT2D eigenvalue weighted by molar-refractivity contribution is -0.123. The number of carbonyl (C=O) groups is 2. The first-order valence-electron chi connectivity index (χ1n) is 6.55. The normalized spacial score (nSPS) is 10.1. The topological polar surface area (TPSA) is 58.2 Å². The van der Waals surface area contributed by atoms with E-state index in [4.69, 9.17) is 11.6 Å². The smallest absolute Gasteiger partial charge is 0.233 e. The van der Waals surface area contributed by atoms with Gasteiger partial charge in [0.1, 0.15) is 12.2 Å². The highest BCUT2D eigenvalue weighted by Crippen LogP contribution is 2.19. The fraction of sp³-hybridized carbons (Fsp3) is 0.125. The molecule has 0 heterocycles. The van der Waals surface area contributed by atoms with Gasteiger partial charge in [-0.25, -0.2) is 4.39 Å². The van der Waals surface area contributed by atoms with Crippen LogP contribution in [0.1, 0.15) is 12.0 Å². The Morgan fingerprint density at radius 3 is 2.32 bits per heavy atom. The summed E-state index contributed by atoms with van der Waals surface area (Å²) >= 11 is 5.84. The van der Waals surface area contributed by atoms with Gasteiger partial charge in [-0.3, -0.25) is 9.59 Å². The van der Waals surface area contributed by atoms with Crippen LogP contribution in [-0.4, -0.2) is 11.8 Å². The van der Waals surface area contributed by atoms with Gasteiger partial charge in [-0.05, 0) is 55.0 Å². The van der Waals surface area contributed by atoms with Crippen molar-refractivity contribution in [1.29, 1.82) is 0 Å². The summed E-state index contributed by atoms with van der Waals surface area (Å²) in [6.45, 7) is 1.81. The zero-order valence-corrected chi connectivity index (χ0v) is 12.6. The third-order valence-corrected chi connectivity index (χ3v) is 3.15. The summed E-state index contributed by atoms with van der Waals surface area (Å²) in [5.74, 6) is -1.31. The standard InChI is InChI=1S/C16H14ClFN2O2/c1-10-8-11(17)2-7-14(10)20-16(22)9-15(21)19-13-5-3-12(18)4-6-13/h2-8H,9H2,1H3,(H,19,21)(H,20,22). The van der Waals surface area contributed by atoms with Gasteiger partial charge < -0.3 is 10.6 Å². The summed E-state index contributed by atoms with van der Waals surface area (Å²) in [5.41, 5.74) is 1.84. The number of aryl methyl sites for hydroxylation is 1. The molecule has 2 aromatic rings. The number of hydrogen-bond acceptors (Lipinski definition) is 2. The van der Waals surface area contributed by atoms with E-state index in [1.165, 1.54) is 24.3 Å². The van der Waals surface area contributed by atoms with E-state index in [0.717, 1.165) is 5.56 Å². The number of carbonyl (C=O) groups excluding carboxylic acids is 2. The molecule has 4 nitrogen and oxygen atoms in total. The molecule has 2 N–H and O–H groups in total. The molecule has 0 spiro atoms. The second-order valence-electron chi connectivity index (χ2n) is 4.74. The third kappa shape index (κ3) is 4.56. The second kappa shape index (κ2) is 7.04. The van der Waals surface area contributed by atoms with Crippen molar-refractivity contribution in [2.45, 2.75) is 13.3 Å². The zero-order valence-electron chi connectivity index (χ0n) is 11.8. The Bertz CT molecular complexity index is 702. The van der Waals surface area contributed by atoms with Gasteiger partial charge >= 0.3 is 0 Å². The van der Waals surface area contributed by atoms with E-state index in [-0.39, 0.29) is 6.42 Å². The molecule has 0 aliphatic heterocycles. The Hall–Kier alpha value is -2.40. The van der Waals surface area contributed by atoms with Gasteiger partial charge in [-0.2, -0.15) is 0 Å². The molecule has 0 saturated heterocycles. The van der Waals surface area contributed by atoms with Gasteiger partial charge in [0.25, 0.3) is 0 Å². The van der Waals surface area contributed by atoms with Crippen molar-refractivity contribution in [1.82, 2.24) is 0 Å². The van der Waals surface area contributed by atoms with Crippen molar-refractivity contribution in [2.75, 3.05) is 10.6 Å². The van der Waals surface area contributed by atoms with Gasteiger partial charge in [-0.15, -0.1) is 0 Å². The van der Waals surface area contributed by atoms with Crippen molar-refractivity contribution < 1.29 is 14.0 Å². The van der Waals surface area contributed by atoms with Crippen molar-refractivity contribution in [2.24, 2.45) is 0 Å². The fourth-order valence-corrected chi connectivity index (χ4v) is 2.07. The van der Waals surface area contributed by atoms with Crippen LogP contribution in [0.15, 0.2) is 42.5 Å². The van der Waals surface area contributed by atoms with Crippen LogP contribution in [0.25, 0.3) is 0 Å². The maximum absolute atomic E-state index is 12.8. The highest BCUT2D eigenvalue weighted by Gasteiger charge is 2.11. The van der Waals surface area contributed by atoms with E-state index < -0.39 is 17.6 Å². The molecule has 0 unspecified atom stereocenters. The first kappa shape index (κ1) is 16.0. The van der Waals surface area contributed by atoms with Crippen LogP contribution in [0.3, 0.4) is 0 Å². The monoisotopic (exact) mass is 320 g/mol. The van der Waals surface area contributed by atoms with E-state index >= 15 is 0 Å². The Labute approximate surface area is 132 Å². The highest BCUT2D eigenvalue weighted by atomic mass is 35.5. The predicted octanol–water partition coefficient (Wildman–Crippen LogP) is 3.75. The first-order valence-corrected chi connectivity index (χ1v) is 6.93. The summed E-state index contributed by atoms with van der Waals surface area (Å²) in [5, 5.41) is 5.74. The Balaban J connectivity index is 1.91. The number of amides is 2. The van der Waals surface area contributed by atoms with Gasteiger partial charge in [0.05, 0.1) is 0 Å². The number of benzene rings is 2. The summed E-state index contributed by atoms with van der Waals surface area (Å²) in [6.07, 6.45) is -0.334. The van der Waals surface area contributed by atoms with Crippen LogP contribution in [0.2, 0.25) is 5.02 Å². The molecule has 0 aliphatic carbocycles.